The lowest BCUT2D eigenvalue weighted by Crippen LogP contribution is -2.56. The van der Waals surface area contributed by atoms with Gasteiger partial charge >= 0.3 is 0 Å². The summed E-state index contributed by atoms with van der Waals surface area (Å²) in [5.74, 6) is -4.79. The molecule has 1 aliphatic rings. The van der Waals surface area contributed by atoms with Crippen molar-refractivity contribution < 1.29 is 41.3 Å². The number of aromatic nitrogens is 1. The van der Waals surface area contributed by atoms with Crippen molar-refractivity contribution in [3.8, 4) is 11.3 Å². The first-order valence-electron chi connectivity index (χ1n) is 15.2. The Hall–Kier alpha value is -4.32. The Kier molecular flexibility index (Phi) is 10.8. The van der Waals surface area contributed by atoms with E-state index in [9.17, 15) is 13.2 Å². The summed E-state index contributed by atoms with van der Waals surface area (Å²) in [7, 11) is 1.51. The summed E-state index contributed by atoms with van der Waals surface area (Å²) in [5.41, 5.74) is 2.96. The van der Waals surface area contributed by atoms with Gasteiger partial charge in [-0.3, -0.25) is 0 Å². The van der Waals surface area contributed by atoms with Crippen molar-refractivity contribution in [3.05, 3.63) is 149 Å². The van der Waals surface area contributed by atoms with Crippen molar-refractivity contribution in [2.24, 2.45) is 0 Å². The van der Waals surface area contributed by atoms with Crippen molar-refractivity contribution >= 4 is 0 Å². The zero-order chi connectivity index (χ0) is 32.6. The van der Waals surface area contributed by atoms with Crippen molar-refractivity contribution in [2.75, 3.05) is 13.7 Å². The Morgan fingerprint density at radius 2 is 1.23 bits per heavy atom. The number of ether oxygens (including phenoxy) is 5. The zero-order valence-electron chi connectivity index (χ0n) is 25.6. The maximum atomic E-state index is 14.2. The van der Waals surface area contributed by atoms with Gasteiger partial charge in [0.2, 0.25) is 5.89 Å². The van der Waals surface area contributed by atoms with Crippen LogP contribution in [0, 0.1) is 17.5 Å². The lowest BCUT2D eigenvalue weighted by Gasteiger charge is -2.44. The summed E-state index contributed by atoms with van der Waals surface area (Å²) in [5, 5.41) is 0. The lowest BCUT2D eigenvalue weighted by molar-refractivity contribution is -0.293. The number of hydrogen-bond donors (Lipinski definition) is 0. The molecule has 2 heterocycles. The lowest BCUT2D eigenvalue weighted by atomic mass is 9.88. The van der Waals surface area contributed by atoms with Crippen molar-refractivity contribution in [2.45, 2.75) is 50.3 Å². The molecule has 0 amide bonds. The van der Waals surface area contributed by atoms with Gasteiger partial charge in [0.1, 0.15) is 30.3 Å². The highest BCUT2D eigenvalue weighted by Crippen LogP contribution is 2.40. The van der Waals surface area contributed by atoms with Crippen LogP contribution in [-0.4, -0.2) is 43.3 Å². The highest BCUT2D eigenvalue weighted by Gasteiger charge is 2.51. The molecule has 0 spiro atoms. The summed E-state index contributed by atoms with van der Waals surface area (Å²) in [6, 6.07) is 30.7. The molecule has 244 valence electrons. The Morgan fingerprint density at radius 1 is 0.702 bits per heavy atom. The summed E-state index contributed by atoms with van der Waals surface area (Å²) in [6.45, 7) is 0.921. The maximum absolute atomic E-state index is 14.2. The number of nitrogens with zero attached hydrogens (tertiary/aromatic N) is 1. The normalized spacial score (nSPS) is 21.1. The molecule has 1 saturated heterocycles. The molecule has 0 radical (unpaired) electrons. The zero-order valence-corrected chi connectivity index (χ0v) is 25.6. The van der Waals surface area contributed by atoms with Gasteiger partial charge in [0.05, 0.1) is 32.3 Å². The van der Waals surface area contributed by atoms with Crippen LogP contribution in [0.3, 0.4) is 0 Å². The molecule has 0 bridgehead atoms. The van der Waals surface area contributed by atoms with Crippen LogP contribution < -0.4 is 0 Å². The van der Waals surface area contributed by atoms with Gasteiger partial charge in [0.25, 0.3) is 0 Å². The molecule has 1 fully saturated rings. The highest BCUT2D eigenvalue weighted by atomic mass is 19.2. The Morgan fingerprint density at radius 3 is 1.79 bits per heavy atom. The van der Waals surface area contributed by atoms with Crippen LogP contribution in [0.4, 0.5) is 13.2 Å². The molecule has 0 aliphatic carbocycles. The molecule has 0 unspecified atom stereocenters. The fraction of sp³-hybridized carbons (Fsp3) is 0.270. The number of benzene rings is 4. The number of oxazole rings is 1. The fourth-order valence-electron chi connectivity index (χ4n) is 5.59. The topological polar surface area (TPSA) is 72.2 Å². The second-order valence-corrected chi connectivity index (χ2v) is 11.2. The second kappa shape index (κ2) is 15.5. The van der Waals surface area contributed by atoms with E-state index < -0.39 is 48.0 Å². The van der Waals surface area contributed by atoms with Crippen LogP contribution >= 0.6 is 0 Å². The van der Waals surface area contributed by atoms with Crippen LogP contribution in [0.5, 0.6) is 0 Å². The number of rotatable bonds is 13. The van der Waals surface area contributed by atoms with Crippen LogP contribution in [0.2, 0.25) is 0 Å². The van der Waals surface area contributed by atoms with Crippen molar-refractivity contribution in [1.29, 1.82) is 0 Å². The van der Waals surface area contributed by atoms with E-state index >= 15 is 0 Å². The van der Waals surface area contributed by atoms with Gasteiger partial charge in [-0.25, -0.2) is 18.2 Å². The van der Waals surface area contributed by atoms with Gasteiger partial charge in [0, 0.05) is 12.7 Å². The minimum atomic E-state index is -1.56. The molecule has 1 aromatic heterocycles. The molecule has 6 rings (SSSR count). The van der Waals surface area contributed by atoms with Gasteiger partial charge in [-0.2, -0.15) is 0 Å². The van der Waals surface area contributed by atoms with Gasteiger partial charge in [-0.1, -0.05) is 91.0 Å². The van der Waals surface area contributed by atoms with E-state index in [0.29, 0.717) is 6.61 Å². The minimum Gasteiger partial charge on any atom is -0.448 e. The predicted octanol–water partition coefficient (Wildman–Crippen LogP) is 7.60. The number of hydrogen-bond acceptors (Lipinski definition) is 7. The molecule has 0 N–H and O–H groups in total. The van der Waals surface area contributed by atoms with E-state index in [1.165, 1.54) is 13.4 Å². The maximum Gasteiger partial charge on any atom is 0.203 e. The standard InChI is InChI=1S/C37H34F3NO6/c1-42-37-35(45-21-26-15-9-4-10-16-26)32(36-41-30(22-46-36)27-17-28(38)33(40)29(39)18-27)34(44-20-25-13-7-3-8-14-25)31(47-37)23-43-19-24-11-5-2-6-12-24/h2-18,22,31-32,34-35,37H,19-21,23H2,1H3/t31-,32+,34+,35-,37+/m1/s1. The van der Waals surface area contributed by atoms with E-state index in [-0.39, 0.29) is 37.0 Å². The number of methoxy groups -OCH3 is 1. The van der Waals surface area contributed by atoms with E-state index in [0.717, 1.165) is 28.8 Å². The summed E-state index contributed by atoms with van der Waals surface area (Å²) in [6.07, 6.45) is -1.81. The average Bonchev–Trinajstić information content (AvgIpc) is 3.60. The van der Waals surface area contributed by atoms with Gasteiger partial charge in [-0.05, 0) is 28.8 Å². The van der Waals surface area contributed by atoms with Crippen LogP contribution in [0.1, 0.15) is 28.5 Å². The monoisotopic (exact) mass is 645 g/mol. The second-order valence-electron chi connectivity index (χ2n) is 11.2. The van der Waals surface area contributed by atoms with Crippen LogP contribution in [-0.2, 0) is 43.5 Å². The molecule has 0 saturated carbocycles. The molecule has 4 aromatic carbocycles. The van der Waals surface area contributed by atoms with Crippen LogP contribution in [0.15, 0.2) is 114 Å². The van der Waals surface area contributed by atoms with Gasteiger partial charge in [0.15, 0.2) is 23.7 Å². The Balaban J connectivity index is 1.35. The molecular formula is C37H34F3NO6. The third-order valence-corrected chi connectivity index (χ3v) is 7.93. The smallest absolute Gasteiger partial charge is 0.203 e. The molecular weight excluding hydrogens is 611 g/mol. The minimum absolute atomic E-state index is 0.0120. The van der Waals surface area contributed by atoms with Crippen molar-refractivity contribution in [1.82, 2.24) is 4.98 Å². The summed E-state index contributed by atoms with van der Waals surface area (Å²) in [4.78, 5) is 4.62. The summed E-state index contributed by atoms with van der Waals surface area (Å²) < 4.78 is 79.5. The SMILES string of the molecule is CO[C@H]1O[C@H](COCc2ccccc2)[C@H](OCc2ccccc2)[C@H](c2nc(-c3cc(F)c(F)c(F)c3)co2)[C@H]1OCc1ccccc1. The third-order valence-electron chi connectivity index (χ3n) is 7.93. The van der Waals surface area contributed by atoms with Crippen LogP contribution in [0.25, 0.3) is 11.3 Å². The summed E-state index contributed by atoms with van der Waals surface area (Å²) >= 11 is 0. The first kappa shape index (κ1) is 32.6. The molecule has 7 nitrogen and oxygen atoms in total. The predicted molar refractivity (Wildman–Crippen MR) is 166 cm³/mol. The fourth-order valence-corrected chi connectivity index (χ4v) is 5.59. The van der Waals surface area contributed by atoms with E-state index in [4.69, 9.17) is 28.1 Å². The van der Waals surface area contributed by atoms with Gasteiger partial charge < -0.3 is 28.1 Å². The van der Waals surface area contributed by atoms with E-state index in [1.54, 1.807) is 0 Å². The Labute approximate surface area is 270 Å². The average molecular weight is 646 g/mol. The third kappa shape index (κ3) is 7.98. The van der Waals surface area contributed by atoms with Gasteiger partial charge in [-0.15, -0.1) is 0 Å². The van der Waals surface area contributed by atoms with Crippen molar-refractivity contribution in [3.63, 3.8) is 0 Å². The largest absolute Gasteiger partial charge is 0.448 e. The first-order chi connectivity index (χ1) is 23.0. The molecule has 5 aromatic rings. The quantitative estimate of drug-likeness (QED) is 0.122. The molecule has 1 aliphatic heterocycles. The van der Waals surface area contributed by atoms with E-state index in [2.05, 4.69) is 4.98 Å². The highest BCUT2D eigenvalue weighted by molar-refractivity contribution is 5.58. The molecule has 5 atom stereocenters. The van der Waals surface area contributed by atoms with E-state index in [1.807, 2.05) is 91.0 Å². The molecule has 47 heavy (non-hydrogen) atoms. The first-order valence-corrected chi connectivity index (χ1v) is 15.2. The molecule has 10 heteroatoms. The number of halogens is 3. The Bertz CT molecular complexity index is 1680.